The molecule has 56 valence electrons. The number of aliphatic hydroxyl groups excluding tert-OH is 1. The second-order valence-corrected chi connectivity index (χ2v) is 2.92. The van der Waals surface area contributed by atoms with Crippen molar-refractivity contribution in [2.24, 2.45) is 0 Å². The highest BCUT2D eigenvalue weighted by atomic mass is 16.6. The fourth-order valence-corrected chi connectivity index (χ4v) is 0.313. The summed E-state index contributed by atoms with van der Waals surface area (Å²) in [5.74, 6) is 0. The van der Waals surface area contributed by atoms with Gasteiger partial charge in [-0.3, -0.25) is 4.84 Å². The molecule has 0 bridgehead atoms. The van der Waals surface area contributed by atoms with Crippen LogP contribution in [0.25, 0.3) is 0 Å². The van der Waals surface area contributed by atoms with Crippen molar-refractivity contribution in [2.45, 2.75) is 26.3 Å². The van der Waals surface area contributed by atoms with Crippen molar-refractivity contribution in [3.05, 3.63) is 0 Å². The zero-order valence-corrected chi connectivity index (χ0v) is 6.27. The minimum absolute atomic E-state index is 0.0326. The van der Waals surface area contributed by atoms with E-state index in [1.807, 2.05) is 20.8 Å². The van der Waals surface area contributed by atoms with Gasteiger partial charge in [-0.25, -0.2) is 0 Å². The highest BCUT2D eigenvalue weighted by molar-refractivity contribution is 4.63. The van der Waals surface area contributed by atoms with Crippen LogP contribution in [0.2, 0.25) is 0 Å². The lowest BCUT2D eigenvalue weighted by Gasteiger charge is -2.19. The van der Waals surface area contributed by atoms with E-state index in [1.165, 1.54) is 0 Å². The monoisotopic (exact) mass is 133 g/mol. The molecule has 0 rings (SSSR count). The standard InChI is InChI=1S/C6H15NO2/c1-6(2,3)7-9-5-4-8/h7-8H,4-5H2,1-3H3. The van der Waals surface area contributed by atoms with E-state index in [2.05, 4.69) is 5.48 Å². The van der Waals surface area contributed by atoms with E-state index < -0.39 is 0 Å². The Morgan fingerprint density at radius 1 is 1.44 bits per heavy atom. The highest BCUT2D eigenvalue weighted by Crippen LogP contribution is 1.96. The lowest BCUT2D eigenvalue weighted by molar-refractivity contribution is -0.0219. The molecule has 0 saturated heterocycles. The van der Waals surface area contributed by atoms with Crippen LogP contribution < -0.4 is 5.48 Å². The van der Waals surface area contributed by atoms with Gasteiger partial charge in [-0.1, -0.05) is 0 Å². The van der Waals surface area contributed by atoms with Crippen molar-refractivity contribution in [3.63, 3.8) is 0 Å². The van der Waals surface area contributed by atoms with Gasteiger partial charge in [0.15, 0.2) is 0 Å². The predicted molar refractivity (Wildman–Crippen MR) is 35.9 cm³/mol. The van der Waals surface area contributed by atoms with Gasteiger partial charge in [0.05, 0.1) is 13.2 Å². The van der Waals surface area contributed by atoms with Gasteiger partial charge in [-0.05, 0) is 20.8 Å². The molecule has 3 heteroatoms. The minimum Gasteiger partial charge on any atom is -0.394 e. The second-order valence-electron chi connectivity index (χ2n) is 2.92. The summed E-state index contributed by atoms with van der Waals surface area (Å²) in [7, 11) is 0. The summed E-state index contributed by atoms with van der Waals surface area (Å²) in [6.45, 7) is 6.37. The molecule has 0 spiro atoms. The Labute approximate surface area is 56.0 Å². The van der Waals surface area contributed by atoms with E-state index in [4.69, 9.17) is 9.94 Å². The van der Waals surface area contributed by atoms with Crippen LogP contribution in [0.15, 0.2) is 0 Å². The summed E-state index contributed by atoms with van der Waals surface area (Å²) in [5, 5.41) is 8.30. The van der Waals surface area contributed by atoms with Crippen LogP contribution in [-0.2, 0) is 4.84 Å². The Morgan fingerprint density at radius 3 is 2.33 bits per heavy atom. The molecule has 0 atom stereocenters. The quantitative estimate of drug-likeness (QED) is 0.429. The summed E-state index contributed by atoms with van der Waals surface area (Å²) in [6, 6.07) is 0. The Bertz CT molecular complexity index is 67.9. The van der Waals surface area contributed by atoms with E-state index in [-0.39, 0.29) is 12.1 Å². The summed E-state index contributed by atoms with van der Waals surface area (Å²) in [5.41, 5.74) is 2.73. The van der Waals surface area contributed by atoms with E-state index in [0.29, 0.717) is 6.61 Å². The average Bonchev–Trinajstić information content (AvgIpc) is 1.63. The van der Waals surface area contributed by atoms with Crippen LogP contribution >= 0.6 is 0 Å². The topological polar surface area (TPSA) is 41.5 Å². The first kappa shape index (κ1) is 8.88. The molecule has 3 nitrogen and oxygen atoms in total. The van der Waals surface area contributed by atoms with Gasteiger partial charge < -0.3 is 5.11 Å². The van der Waals surface area contributed by atoms with Gasteiger partial charge in [-0.2, -0.15) is 5.48 Å². The fraction of sp³-hybridized carbons (Fsp3) is 1.00. The van der Waals surface area contributed by atoms with Crippen molar-refractivity contribution in [3.8, 4) is 0 Å². The SMILES string of the molecule is CC(C)(C)NOCCO. The molecule has 0 fully saturated rings. The summed E-state index contributed by atoms with van der Waals surface area (Å²) in [6.07, 6.45) is 0. The van der Waals surface area contributed by atoms with Crippen LogP contribution in [-0.4, -0.2) is 23.9 Å². The maximum absolute atomic E-state index is 8.30. The molecule has 0 aromatic heterocycles. The molecule has 0 heterocycles. The maximum atomic E-state index is 8.30. The maximum Gasteiger partial charge on any atom is 0.0913 e. The molecule has 0 aromatic carbocycles. The molecule has 0 unspecified atom stereocenters. The molecule has 0 amide bonds. The molecule has 0 aliphatic heterocycles. The normalized spacial score (nSPS) is 12.0. The molecular formula is C6H15NO2. The molecule has 9 heavy (non-hydrogen) atoms. The molecule has 2 N–H and O–H groups in total. The van der Waals surface area contributed by atoms with Crippen LogP contribution in [0.5, 0.6) is 0 Å². The zero-order valence-electron chi connectivity index (χ0n) is 6.27. The Morgan fingerprint density at radius 2 is 2.00 bits per heavy atom. The second kappa shape index (κ2) is 3.82. The van der Waals surface area contributed by atoms with Gasteiger partial charge in [0.25, 0.3) is 0 Å². The van der Waals surface area contributed by atoms with E-state index in [0.717, 1.165) is 0 Å². The lowest BCUT2D eigenvalue weighted by atomic mass is 10.1. The van der Waals surface area contributed by atoms with Crippen molar-refractivity contribution in [1.29, 1.82) is 0 Å². The van der Waals surface area contributed by atoms with E-state index in [1.54, 1.807) is 0 Å². The van der Waals surface area contributed by atoms with Gasteiger partial charge in [-0.15, -0.1) is 0 Å². The molecule has 0 aromatic rings. The number of hydroxylamine groups is 1. The Kier molecular flexibility index (Phi) is 3.77. The van der Waals surface area contributed by atoms with Gasteiger partial charge in [0.2, 0.25) is 0 Å². The molecule has 0 radical (unpaired) electrons. The van der Waals surface area contributed by atoms with E-state index >= 15 is 0 Å². The van der Waals surface area contributed by atoms with Crippen molar-refractivity contribution in [1.82, 2.24) is 5.48 Å². The van der Waals surface area contributed by atoms with Crippen LogP contribution in [0.1, 0.15) is 20.8 Å². The molecular weight excluding hydrogens is 118 g/mol. The minimum atomic E-state index is -0.0326. The van der Waals surface area contributed by atoms with Crippen molar-refractivity contribution >= 4 is 0 Å². The third kappa shape index (κ3) is 7.88. The third-order valence-electron chi connectivity index (χ3n) is 0.572. The smallest absolute Gasteiger partial charge is 0.0913 e. The molecule has 0 aliphatic rings. The third-order valence-corrected chi connectivity index (χ3v) is 0.572. The number of hydrogen-bond donors (Lipinski definition) is 2. The first-order chi connectivity index (χ1) is 4.06. The lowest BCUT2D eigenvalue weighted by Crippen LogP contribution is -2.36. The van der Waals surface area contributed by atoms with Crippen molar-refractivity contribution < 1.29 is 9.94 Å². The van der Waals surface area contributed by atoms with Crippen LogP contribution in [0.4, 0.5) is 0 Å². The summed E-state index contributed by atoms with van der Waals surface area (Å²) in [4.78, 5) is 4.85. The zero-order chi connectivity index (χ0) is 7.33. The first-order valence-electron chi connectivity index (χ1n) is 3.06. The molecule has 0 aliphatic carbocycles. The number of nitrogens with one attached hydrogen (secondary N) is 1. The van der Waals surface area contributed by atoms with Gasteiger partial charge in [0.1, 0.15) is 0 Å². The largest absolute Gasteiger partial charge is 0.394 e. The van der Waals surface area contributed by atoms with Crippen LogP contribution in [0, 0.1) is 0 Å². The van der Waals surface area contributed by atoms with Crippen molar-refractivity contribution in [2.75, 3.05) is 13.2 Å². The Hall–Kier alpha value is -0.120. The summed E-state index contributed by atoms with van der Waals surface area (Å²) < 4.78 is 0. The number of rotatable bonds is 3. The average molecular weight is 133 g/mol. The number of hydrogen-bond acceptors (Lipinski definition) is 3. The summed E-state index contributed by atoms with van der Waals surface area (Å²) >= 11 is 0. The van der Waals surface area contributed by atoms with Gasteiger partial charge >= 0.3 is 0 Å². The Balaban J connectivity index is 3.07. The molecule has 0 saturated carbocycles. The van der Waals surface area contributed by atoms with Crippen LogP contribution in [0.3, 0.4) is 0 Å². The fourth-order valence-electron chi connectivity index (χ4n) is 0.313. The van der Waals surface area contributed by atoms with E-state index in [9.17, 15) is 0 Å². The predicted octanol–water partition coefficient (Wildman–Crippen LogP) is 0.298. The highest BCUT2D eigenvalue weighted by Gasteiger charge is 2.07. The van der Waals surface area contributed by atoms with Gasteiger partial charge in [0, 0.05) is 5.54 Å². The number of aliphatic hydroxyl groups is 1. The first-order valence-corrected chi connectivity index (χ1v) is 3.06.